The number of rotatable bonds is 6. The summed E-state index contributed by atoms with van der Waals surface area (Å²) < 4.78 is 15.7. The lowest BCUT2D eigenvalue weighted by Crippen LogP contribution is -2.25. The highest BCUT2D eigenvalue weighted by Gasteiger charge is 2.24. The van der Waals surface area contributed by atoms with Crippen molar-refractivity contribution >= 4 is 0 Å². The molecule has 1 atom stereocenters. The van der Waals surface area contributed by atoms with Gasteiger partial charge in [0, 0.05) is 25.2 Å². The van der Waals surface area contributed by atoms with Gasteiger partial charge in [0.2, 0.25) is 0 Å². The van der Waals surface area contributed by atoms with Crippen LogP contribution in [0.25, 0.3) is 0 Å². The number of hydrogen-bond acceptors (Lipinski definition) is 4. The third-order valence-electron chi connectivity index (χ3n) is 3.04. The number of ether oxygens (including phenoxy) is 3. The van der Waals surface area contributed by atoms with Crippen LogP contribution in [0.4, 0.5) is 0 Å². The molecule has 0 saturated carbocycles. The molecule has 0 saturated heterocycles. The van der Waals surface area contributed by atoms with Crippen LogP contribution in [0.3, 0.4) is 0 Å². The predicted octanol–water partition coefficient (Wildman–Crippen LogP) is 2.55. The van der Waals surface area contributed by atoms with Gasteiger partial charge in [-0.25, -0.2) is 0 Å². The van der Waals surface area contributed by atoms with E-state index in [1.807, 2.05) is 19.9 Å². The first-order valence-electron chi connectivity index (χ1n) is 5.88. The average Bonchev–Trinajstić information content (AvgIpc) is 2.37. The van der Waals surface area contributed by atoms with E-state index in [9.17, 15) is 5.11 Å². The first-order valence-corrected chi connectivity index (χ1v) is 5.88. The van der Waals surface area contributed by atoms with Crippen molar-refractivity contribution in [3.05, 3.63) is 23.8 Å². The monoisotopic (exact) mass is 254 g/mol. The van der Waals surface area contributed by atoms with Gasteiger partial charge in [-0.05, 0) is 26.0 Å². The van der Waals surface area contributed by atoms with Gasteiger partial charge in [-0.15, -0.1) is 0 Å². The van der Waals surface area contributed by atoms with Gasteiger partial charge in [-0.2, -0.15) is 0 Å². The molecule has 0 spiro atoms. The van der Waals surface area contributed by atoms with E-state index in [-0.39, 0.29) is 5.60 Å². The van der Waals surface area contributed by atoms with Crippen molar-refractivity contribution in [3.63, 3.8) is 0 Å². The molecular weight excluding hydrogens is 232 g/mol. The molecule has 0 heterocycles. The highest BCUT2D eigenvalue weighted by molar-refractivity contribution is 5.42. The van der Waals surface area contributed by atoms with Gasteiger partial charge in [-0.3, -0.25) is 0 Å². The van der Waals surface area contributed by atoms with Gasteiger partial charge in [0.1, 0.15) is 11.5 Å². The van der Waals surface area contributed by atoms with E-state index in [4.69, 9.17) is 14.2 Å². The Morgan fingerprint density at radius 2 is 1.83 bits per heavy atom. The van der Waals surface area contributed by atoms with E-state index in [2.05, 4.69) is 0 Å². The maximum absolute atomic E-state index is 10.3. The van der Waals surface area contributed by atoms with Crippen molar-refractivity contribution in [2.75, 3.05) is 21.3 Å². The van der Waals surface area contributed by atoms with Crippen LogP contribution in [0.1, 0.15) is 31.9 Å². The molecule has 1 N–H and O–H groups in total. The summed E-state index contributed by atoms with van der Waals surface area (Å²) in [5.74, 6) is 1.32. The van der Waals surface area contributed by atoms with Crippen LogP contribution in [-0.4, -0.2) is 32.0 Å². The fraction of sp³-hybridized carbons (Fsp3) is 0.571. The Morgan fingerprint density at radius 1 is 1.17 bits per heavy atom. The Labute approximate surface area is 108 Å². The fourth-order valence-electron chi connectivity index (χ4n) is 1.75. The summed E-state index contributed by atoms with van der Waals surface area (Å²) in [5, 5.41) is 10.3. The number of benzene rings is 1. The molecule has 18 heavy (non-hydrogen) atoms. The molecule has 0 aromatic heterocycles. The van der Waals surface area contributed by atoms with Gasteiger partial charge in [0.25, 0.3) is 0 Å². The maximum atomic E-state index is 10.3. The van der Waals surface area contributed by atoms with Gasteiger partial charge in [0.05, 0.1) is 25.9 Å². The van der Waals surface area contributed by atoms with Crippen molar-refractivity contribution < 1.29 is 19.3 Å². The smallest absolute Gasteiger partial charge is 0.128 e. The zero-order valence-corrected chi connectivity index (χ0v) is 11.7. The number of methoxy groups -OCH3 is 3. The molecule has 1 aromatic rings. The van der Waals surface area contributed by atoms with Crippen LogP contribution in [-0.2, 0) is 4.74 Å². The molecule has 102 valence electrons. The van der Waals surface area contributed by atoms with Crippen LogP contribution < -0.4 is 9.47 Å². The largest absolute Gasteiger partial charge is 0.497 e. The molecule has 0 aliphatic heterocycles. The van der Waals surface area contributed by atoms with Crippen LogP contribution >= 0.6 is 0 Å². The lowest BCUT2D eigenvalue weighted by atomic mass is 9.95. The summed E-state index contributed by atoms with van der Waals surface area (Å²) in [7, 11) is 4.81. The lowest BCUT2D eigenvalue weighted by molar-refractivity contribution is -0.0205. The summed E-state index contributed by atoms with van der Waals surface area (Å²) in [6, 6.07) is 5.38. The average molecular weight is 254 g/mol. The molecule has 0 radical (unpaired) electrons. The quantitative estimate of drug-likeness (QED) is 0.847. The molecule has 4 heteroatoms. The second-order valence-electron chi connectivity index (χ2n) is 4.79. The molecule has 4 nitrogen and oxygen atoms in total. The summed E-state index contributed by atoms with van der Waals surface area (Å²) in [6.45, 7) is 3.87. The molecule has 0 aliphatic carbocycles. The van der Waals surface area contributed by atoms with E-state index in [0.717, 1.165) is 5.56 Å². The Kier molecular flexibility index (Phi) is 4.99. The lowest BCUT2D eigenvalue weighted by Gasteiger charge is -2.26. The van der Waals surface area contributed by atoms with Gasteiger partial charge >= 0.3 is 0 Å². The Morgan fingerprint density at radius 3 is 2.33 bits per heavy atom. The number of aliphatic hydroxyl groups excluding tert-OH is 1. The van der Waals surface area contributed by atoms with E-state index >= 15 is 0 Å². The summed E-state index contributed by atoms with van der Waals surface area (Å²) in [6.07, 6.45) is -0.146. The molecular formula is C14H22O4. The van der Waals surface area contributed by atoms with E-state index in [0.29, 0.717) is 17.9 Å². The Balaban J connectivity index is 2.94. The predicted molar refractivity (Wildman–Crippen MR) is 70.2 cm³/mol. The highest BCUT2D eigenvalue weighted by Crippen LogP contribution is 2.34. The SMILES string of the molecule is COc1ccc(C(O)CC(C)(C)OC)c(OC)c1. The molecule has 1 rings (SSSR count). The number of hydrogen-bond donors (Lipinski definition) is 1. The minimum Gasteiger partial charge on any atom is -0.497 e. The number of aliphatic hydroxyl groups is 1. The Hall–Kier alpha value is -1.26. The zero-order valence-electron chi connectivity index (χ0n) is 11.7. The van der Waals surface area contributed by atoms with Crippen molar-refractivity contribution in [2.24, 2.45) is 0 Å². The van der Waals surface area contributed by atoms with Gasteiger partial charge < -0.3 is 19.3 Å². The minimum atomic E-state index is -0.638. The Bertz CT molecular complexity index is 387. The minimum absolute atomic E-state index is 0.385. The standard InChI is InChI=1S/C14H22O4/c1-14(2,18-5)9-12(15)11-7-6-10(16-3)8-13(11)17-4/h6-8,12,15H,9H2,1-5H3. The molecule has 0 aliphatic rings. The third kappa shape index (κ3) is 3.62. The van der Waals surface area contributed by atoms with Gasteiger partial charge in [-0.1, -0.05) is 0 Å². The van der Waals surface area contributed by atoms with Crippen molar-refractivity contribution in [3.8, 4) is 11.5 Å². The van der Waals surface area contributed by atoms with Crippen molar-refractivity contribution in [1.82, 2.24) is 0 Å². The van der Waals surface area contributed by atoms with E-state index < -0.39 is 6.10 Å². The van der Waals surface area contributed by atoms with Crippen molar-refractivity contribution in [1.29, 1.82) is 0 Å². The second kappa shape index (κ2) is 6.07. The molecule has 1 unspecified atom stereocenters. The van der Waals surface area contributed by atoms with E-state index in [1.54, 1.807) is 33.5 Å². The van der Waals surface area contributed by atoms with Crippen LogP contribution in [0.15, 0.2) is 18.2 Å². The highest BCUT2D eigenvalue weighted by atomic mass is 16.5. The fourth-order valence-corrected chi connectivity index (χ4v) is 1.75. The first-order chi connectivity index (χ1) is 8.43. The zero-order chi connectivity index (χ0) is 13.8. The topological polar surface area (TPSA) is 47.9 Å². The van der Waals surface area contributed by atoms with E-state index in [1.165, 1.54) is 0 Å². The summed E-state index contributed by atoms with van der Waals surface area (Å²) in [5.41, 5.74) is 0.355. The maximum Gasteiger partial charge on any atom is 0.128 e. The van der Waals surface area contributed by atoms with Crippen LogP contribution in [0.2, 0.25) is 0 Å². The second-order valence-corrected chi connectivity index (χ2v) is 4.79. The van der Waals surface area contributed by atoms with Crippen LogP contribution in [0.5, 0.6) is 11.5 Å². The van der Waals surface area contributed by atoms with Gasteiger partial charge in [0.15, 0.2) is 0 Å². The summed E-state index contributed by atoms with van der Waals surface area (Å²) >= 11 is 0. The third-order valence-corrected chi connectivity index (χ3v) is 3.04. The normalized spacial score (nSPS) is 13.2. The van der Waals surface area contributed by atoms with Crippen LogP contribution in [0, 0.1) is 0 Å². The molecule has 0 fully saturated rings. The first kappa shape index (κ1) is 14.8. The molecule has 1 aromatic carbocycles. The molecule has 0 amide bonds. The molecule has 0 bridgehead atoms. The van der Waals surface area contributed by atoms with Crippen molar-refractivity contribution in [2.45, 2.75) is 32.0 Å². The summed E-state index contributed by atoms with van der Waals surface area (Å²) in [4.78, 5) is 0.